The van der Waals surface area contributed by atoms with Gasteiger partial charge in [-0.25, -0.2) is 0 Å². The molecule has 0 aliphatic carbocycles. The first-order valence-corrected chi connectivity index (χ1v) is 11.7. The van der Waals surface area contributed by atoms with E-state index in [-0.39, 0.29) is 0 Å². The van der Waals surface area contributed by atoms with E-state index in [1.165, 1.54) is 0 Å². The van der Waals surface area contributed by atoms with Gasteiger partial charge in [0, 0.05) is 8.07 Å². The van der Waals surface area contributed by atoms with Crippen LogP contribution in [0, 0.1) is 0 Å². The Morgan fingerprint density at radius 2 is 2.00 bits per heavy atom. The molecule has 128 valence electrons. The van der Waals surface area contributed by atoms with E-state index in [0.717, 1.165) is 41.3 Å². The molecule has 0 aromatic heterocycles. The highest BCUT2D eigenvalue weighted by Crippen LogP contribution is 2.32. The Balaban J connectivity index is 2.98. The standard InChI is InChI=1S/C19H30O3Si/c1-15(14-23(4,5)6)19(20)18-11-10-17(22-3)13-16(18)9-7-8-12-21-2/h8,10-13,19-20H,1,7,9,14H2,2-6H3/b12-8+. The summed E-state index contributed by atoms with van der Waals surface area (Å²) in [6.45, 7) is 11.0. The molecule has 1 rings (SSSR count). The van der Waals surface area contributed by atoms with E-state index in [1.807, 2.05) is 24.3 Å². The molecule has 1 N–H and O–H groups in total. The van der Waals surface area contributed by atoms with Gasteiger partial charge in [0.1, 0.15) is 5.75 Å². The predicted octanol–water partition coefficient (Wildman–Crippen LogP) is 4.72. The summed E-state index contributed by atoms with van der Waals surface area (Å²) in [7, 11) is 1.99. The number of hydrogen-bond acceptors (Lipinski definition) is 3. The highest BCUT2D eigenvalue weighted by atomic mass is 28.3. The molecule has 1 aromatic carbocycles. The second kappa shape index (κ2) is 8.94. The van der Waals surface area contributed by atoms with Crippen molar-refractivity contribution in [2.24, 2.45) is 0 Å². The minimum absolute atomic E-state index is 0.617. The molecule has 1 unspecified atom stereocenters. The predicted molar refractivity (Wildman–Crippen MR) is 99.7 cm³/mol. The molecule has 0 amide bonds. The summed E-state index contributed by atoms with van der Waals surface area (Å²) in [5.41, 5.74) is 2.93. The molecule has 0 spiro atoms. The first kappa shape index (κ1) is 19.5. The summed E-state index contributed by atoms with van der Waals surface area (Å²) < 4.78 is 10.2. The highest BCUT2D eigenvalue weighted by molar-refractivity contribution is 6.76. The summed E-state index contributed by atoms with van der Waals surface area (Å²) in [5, 5.41) is 10.7. The Morgan fingerprint density at radius 3 is 2.57 bits per heavy atom. The van der Waals surface area contributed by atoms with E-state index in [2.05, 4.69) is 26.2 Å². The number of aryl methyl sites for hydroxylation is 1. The Kier molecular flexibility index (Phi) is 7.59. The third-order valence-electron chi connectivity index (χ3n) is 3.60. The molecule has 0 saturated carbocycles. The van der Waals surface area contributed by atoms with Crippen LogP contribution in [0.25, 0.3) is 0 Å². The van der Waals surface area contributed by atoms with Gasteiger partial charge < -0.3 is 14.6 Å². The third kappa shape index (κ3) is 6.63. The summed E-state index contributed by atoms with van der Waals surface area (Å²) >= 11 is 0. The number of benzene rings is 1. The van der Waals surface area contributed by atoms with Gasteiger partial charge in [-0.3, -0.25) is 0 Å². The topological polar surface area (TPSA) is 38.7 Å². The molecule has 0 aliphatic heterocycles. The molecule has 0 saturated heterocycles. The zero-order chi connectivity index (χ0) is 17.5. The van der Waals surface area contributed by atoms with E-state index in [4.69, 9.17) is 9.47 Å². The minimum atomic E-state index is -1.30. The van der Waals surface area contributed by atoms with Gasteiger partial charge >= 0.3 is 0 Å². The number of rotatable bonds is 9. The summed E-state index contributed by atoms with van der Waals surface area (Å²) in [6, 6.07) is 6.77. The van der Waals surface area contributed by atoms with Crippen molar-refractivity contribution in [1.29, 1.82) is 0 Å². The monoisotopic (exact) mass is 334 g/mol. The molecular weight excluding hydrogens is 304 g/mol. The molecule has 4 heteroatoms. The molecule has 0 aliphatic rings. The maximum atomic E-state index is 10.7. The Labute approximate surface area is 141 Å². The van der Waals surface area contributed by atoms with Crippen molar-refractivity contribution in [3.8, 4) is 5.75 Å². The Hall–Kier alpha value is -1.52. The molecule has 23 heavy (non-hydrogen) atoms. The van der Waals surface area contributed by atoms with Gasteiger partial charge in [0.15, 0.2) is 0 Å². The van der Waals surface area contributed by atoms with Crippen molar-refractivity contribution >= 4 is 8.07 Å². The van der Waals surface area contributed by atoms with E-state index in [9.17, 15) is 5.11 Å². The number of methoxy groups -OCH3 is 2. The fourth-order valence-electron chi connectivity index (χ4n) is 2.59. The first-order chi connectivity index (χ1) is 10.8. The van der Waals surface area contributed by atoms with Crippen molar-refractivity contribution < 1.29 is 14.6 Å². The van der Waals surface area contributed by atoms with Crippen LogP contribution < -0.4 is 4.74 Å². The lowest BCUT2D eigenvalue weighted by molar-refractivity contribution is 0.214. The van der Waals surface area contributed by atoms with Crippen LogP contribution in [-0.4, -0.2) is 27.4 Å². The molecule has 1 aromatic rings. The lowest BCUT2D eigenvalue weighted by Crippen LogP contribution is -2.22. The third-order valence-corrected chi connectivity index (χ3v) is 5.12. The van der Waals surface area contributed by atoms with Crippen LogP contribution in [0.3, 0.4) is 0 Å². The fourth-order valence-corrected chi connectivity index (χ4v) is 4.15. The van der Waals surface area contributed by atoms with E-state index in [1.54, 1.807) is 20.5 Å². The second-order valence-corrected chi connectivity index (χ2v) is 12.5. The highest BCUT2D eigenvalue weighted by Gasteiger charge is 2.21. The quantitative estimate of drug-likeness (QED) is 0.403. The Bertz CT molecular complexity index is 544. The zero-order valence-electron chi connectivity index (χ0n) is 15.1. The van der Waals surface area contributed by atoms with Crippen LogP contribution in [0.1, 0.15) is 23.7 Å². The van der Waals surface area contributed by atoms with Crippen molar-refractivity contribution in [1.82, 2.24) is 0 Å². The molecular formula is C19H30O3Si. The van der Waals surface area contributed by atoms with Gasteiger partial charge in [-0.15, -0.1) is 0 Å². The maximum Gasteiger partial charge on any atom is 0.119 e. The van der Waals surface area contributed by atoms with Crippen molar-refractivity contribution in [2.45, 2.75) is 44.6 Å². The molecule has 1 atom stereocenters. The largest absolute Gasteiger partial charge is 0.505 e. The average Bonchev–Trinajstić information content (AvgIpc) is 2.49. The van der Waals surface area contributed by atoms with Crippen molar-refractivity contribution in [3.63, 3.8) is 0 Å². The van der Waals surface area contributed by atoms with Gasteiger partial charge in [0.25, 0.3) is 0 Å². The Morgan fingerprint density at radius 1 is 1.30 bits per heavy atom. The zero-order valence-corrected chi connectivity index (χ0v) is 16.1. The lowest BCUT2D eigenvalue weighted by atomic mass is 9.95. The van der Waals surface area contributed by atoms with Gasteiger partial charge in [-0.05, 0) is 53.8 Å². The van der Waals surface area contributed by atoms with Gasteiger partial charge in [-0.1, -0.05) is 32.3 Å². The first-order valence-electron chi connectivity index (χ1n) is 7.99. The van der Waals surface area contributed by atoms with Crippen molar-refractivity contribution in [3.05, 3.63) is 53.8 Å². The van der Waals surface area contributed by atoms with Crippen LogP contribution in [0.4, 0.5) is 0 Å². The SMILES string of the molecule is C=C(C[Si](C)(C)C)C(O)c1ccc(OC)cc1CC/C=C/OC. The number of allylic oxidation sites excluding steroid dienone is 1. The normalized spacial score (nSPS) is 13.1. The molecule has 0 fully saturated rings. The van der Waals surface area contributed by atoms with Gasteiger partial charge in [0.2, 0.25) is 0 Å². The van der Waals surface area contributed by atoms with Crippen molar-refractivity contribution in [2.75, 3.05) is 14.2 Å². The smallest absolute Gasteiger partial charge is 0.119 e. The molecule has 0 bridgehead atoms. The summed E-state index contributed by atoms with van der Waals surface area (Å²) in [5.74, 6) is 0.808. The summed E-state index contributed by atoms with van der Waals surface area (Å²) in [6.07, 6.45) is 4.71. The molecule has 0 heterocycles. The van der Waals surface area contributed by atoms with Crippen LogP contribution in [-0.2, 0) is 11.2 Å². The maximum absolute atomic E-state index is 10.7. The van der Waals surface area contributed by atoms with Gasteiger partial charge in [-0.2, -0.15) is 0 Å². The van der Waals surface area contributed by atoms with E-state index >= 15 is 0 Å². The summed E-state index contributed by atoms with van der Waals surface area (Å²) in [4.78, 5) is 0. The number of aliphatic hydroxyl groups excluding tert-OH is 1. The van der Waals surface area contributed by atoms with Crippen LogP contribution >= 0.6 is 0 Å². The van der Waals surface area contributed by atoms with Gasteiger partial charge in [0.05, 0.1) is 26.6 Å². The van der Waals surface area contributed by atoms with Crippen LogP contribution in [0.5, 0.6) is 5.75 Å². The second-order valence-electron chi connectivity index (χ2n) is 7.01. The van der Waals surface area contributed by atoms with E-state index < -0.39 is 14.2 Å². The van der Waals surface area contributed by atoms with E-state index in [0.29, 0.717) is 0 Å². The fraction of sp³-hybridized carbons (Fsp3) is 0.474. The molecule has 3 nitrogen and oxygen atoms in total. The molecule has 0 radical (unpaired) electrons. The number of hydrogen-bond donors (Lipinski definition) is 1. The minimum Gasteiger partial charge on any atom is -0.505 e. The number of aliphatic hydroxyl groups is 1. The average molecular weight is 335 g/mol. The van der Waals surface area contributed by atoms with Crippen LogP contribution in [0.2, 0.25) is 25.7 Å². The number of ether oxygens (including phenoxy) is 2. The van der Waals surface area contributed by atoms with Crippen LogP contribution in [0.15, 0.2) is 42.7 Å². The lowest BCUT2D eigenvalue weighted by Gasteiger charge is -2.23.